The predicted octanol–water partition coefficient (Wildman–Crippen LogP) is 3.17. The summed E-state index contributed by atoms with van der Waals surface area (Å²) in [5.74, 6) is -1.68. The molecule has 35 heavy (non-hydrogen) atoms. The van der Waals surface area contributed by atoms with E-state index in [2.05, 4.69) is 4.18 Å². The molecule has 3 rings (SSSR count). The predicted molar refractivity (Wildman–Crippen MR) is 117 cm³/mol. The number of amides is 1. The maximum Gasteiger partial charge on any atom is 0.534 e. The van der Waals surface area contributed by atoms with Crippen molar-refractivity contribution in [2.75, 3.05) is 20.1 Å². The number of carbonyl (C=O) groups is 2. The summed E-state index contributed by atoms with van der Waals surface area (Å²) in [5, 5.41) is 0. The van der Waals surface area contributed by atoms with Crippen molar-refractivity contribution in [3.63, 3.8) is 0 Å². The maximum atomic E-state index is 13.1. The highest BCUT2D eigenvalue weighted by atomic mass is 32.2. The number of likely N-dealkylation sites (N-methyl/N-ethyl adjacent to an activating group) is 1. The highest BCUT2D eigenvalue weighted by Crippen LogP contribution is 2.37. The van der Waals surface area contributed by atoms with Crippen molar-refractivity contribution in [3.8, 4) is 0 Å². The van der Waals surface area contributed by atoms with Gasteiger partial charge in [0.15, 0.2) is 0 Å². The Morgan fingerprint density at radius 1 is 1.09 bits per heavy atom. The van der Waals surface area contributed by atoms with E-state index in [0.717, 1.165) is 0 Å². The zero-order valence-corrected chi connectivity index (χ0v) is 20.5. The number of esters is 1. The first kappa shape index (κ1) is 26.8. The molecular formula is C22H27F3N2O7S. The minimum atomic E-state index is -6.02. The van der Waals surface area contributed by atoms with Gasteiger partial charge in [0.25, 0.3) is 0 Å². The minimum Gasteiger partial charge on any atom is -0.457 e. The molecule has 2 bridgehead atoms. The van der Waals surface area contributed by atoms with Crippen molar-refractivity contribution in [1.29, 1.82) is 0 Å². The largest absolute Gasteiger partial charge is 0.534 e. The Morgan fingerprint density at radius 2 is 1.71 bits per heavy atom. The summed E-state index contributed by atoms with van der Waals surface area (Å²) in [6.45, 7) is 4.74. The van der Waals surface area contributed by atoms with Gasteiger partial charge in [-0.3, -0.25) is 4.90 Å². The molecule has 1 amide bonds. The van der Waals surface area contributed by atoms with Crippen LogP contribution in [-0.2, 0) is 35.2 Å². The van der Waals surface area contributed by atoms with E-state index in [1.54, 1.807) is 63.1 Å². The fourth-order valence-electron chi connectivity index (χ4n) is 3.85. The fourth-order valence-corrected chi connectivity index (χ4v) is 4.37. The Bertz CT molecular complexity index is 1100. The van der Waals surface area contributed by atoms with Crippen molar-refractivity contribution in [3.05, 3.63) is 47.2 Å². The van der Waals surface area contributed by atoms with Crippen molar-refractivity contribution in [2.24, 2.45) is 0 Å². The first-order valence-corrected chi connectivity index (χ1v) is 12.1. The Balaban J connectivity index is 1.95. The molecule has 13 heteroatoms. The lowest BCUT2D eigenvalue weighted by molar-refractivity contribution is -0.142. The number of benzene rings is 1. The van der Waals surface area contributed by atoms with Gasteiger partial charge in [-0.05, 0) is 33.4 Å². The topological polar surface area (TPSA) is 102 Å². The van der Waals surface area contributed by atoms with E-state index < -0.39 is 51.1 Å². The number of piperazine rings is 1. The number of hydrogen-bond acceptors (Lipinski definition) is 8. The van der Waals surface area contributed by atoms with Crippen LogP contribution < -0.4 is 0 Å². The number of halogens is 3. The minimum absolute atomic E-state index is 0.0349. The zero-order chi connectivity index (χ0) is 26.2. The number of alkyl halides is 3. The average Bonchev–Trinajstić information content (AvgIpc) is 2.71. The van der Waals surface area contributed by atoms with Gasteiger partial charge in [0.1, 0.15) is 18.0 Å². The summed E-state index contributed by atoms with van der Waals surface area (Å²) in [6.07, 6.45) is -1.03. The fraction of sp³-hybridized carbons (Fsp3) is 0.545. The maximum absolute atomic E-state index is 13.1. The first-order valence-electron chi connectivity index (χ1n) is 10.7. The van der Waals surface area contributed by atoms with Gasteiger partial charge in [0.2, 0.25) is 0 Å². The third-order valence-corrected chi connectivity index (χ3v) is 6.51. The lowest BCUT2D eigenvalue weighted by Crippen LogP contribution is -2.62. The molecule has 0 N–H and O–H groups in total. The van der Waals surface area contributed by atoms with Crippen LogP contribution in [0.3, 0.4) is 0 Å². The van der Waals surface area contributed by atoms with Crippen molar-refractivity contribution in [2.45, 2.75) is 57.0 Å². The van der Waals surface area contributed by atoms with Gasteiger partial charge in [-0.15, -0.1) is 0 Å². The summed E-state index contributed by atoms with van der Waals surface area (Å²) >= 11 is 0. The normalized spacial score (nSPS) is 21.5. The summed E-state index contributed by atoms with van der Waals surface area (Å²) in [4.78, 5) is 28.7. The van der Waals surface area contributed by atoms with E-state index in [9.17, 15) is 31.2 Å². The van der Waals surface area contributed by atoms with Gasteiger partial charge in [0.05, 0.1) is 11.6 Å². The summed E-state index contributed by atoms with van der Waals surface area (Å²) in [5.41, 5.74) is -6.24. The Kier molecular flexibility index (Phi) is 7.42. The zero-order valence-electron chi connectivity index (χ0n) is 19.7. The van der Waals surface area contributed by atoms with E-state index >= 15 is 0 Å². The lowest BCUT2D eigenvalue weighted by Gasteiger charge is -2.48. The van der Waals surface area contributed by atoms with Crippen LogP contribution in [0.25, 0.3) is 0 Å². The molecule has 0 unspecified atom stereocenters. The third-order valence-electron chi connectivity index (χ3n) is 5.52. The molecule has 194 valence electrons. The molecule has 1 aromatic carbocycles. The number of ether oxygens (including phenoxy) is 2. The van der Waals surface area contributed by atoms with E-state index in [0.29, 0.717) is 5.56 Å². The Labute approximate surface area is 201 Å². The quantitative estimate of drug-likeness (QED) is 0.332. The van der Waals surface area contributed by atoms with Crippen LogP contribution in [0.1, 0.15) is 32.8 Å². The molecule has 2 heterocycles. The molecule has 2 aliphatic heterocycles. The molecule has 0 saturated carbocycles. The van der Waals surface area contributed by atoms with Crippen LogP contribution in [-0.4, -0.2) is 73.6 Å². The number of fused-ring (bicyclic) bond motifs is 2. The van der Waals surface area contributed by atoms with E-state index in [1.807, 2.05) is 0 Å². The second-order valence-corrected chi connectivity index (χ2v) is 10.8. The highest BCUT2D eigenvalue weighted by molar-refractivity contribution is 7.87. The van der Waals surface area contributed by atoms with E-state index in [4.69, 9.17) is 9.47 Å². The first-order chi connectivity index (χ1) is 16.1. The molecule has 1 fully saturated rings. The van der Waals surface area contributed by atoms with Crippen LogP contribution in [0.4, 0.5) is 18.0 Å². The molecule has 0 aliphatic carbocycles. The van der Waals surface area contributed by atoms with Crippen molar-refractivity contribution < 1.29 is 44.8 Å². The van der Waals surface area contributed by atoms with Gasteiger partial charge in [-0.2, -0.15) is 21.6 Å². The lowest BCUT2D eigenvalue weighted by atomic mass is 9.90. The van der Waals surface area contributed by atoms with Crippen LogP contribution in [0.15, 0.2) is 41.7 Å². The standard InChI is InChI=1S/C22H27F3N2O7S/c1-21(2,3)33-20(29)27-11-15-10-17(34-35(30,31)22(23,24)25)18(16(12-27)26(15)4)19(28)32-13-14-8-6-5-7-9-14/h5-9,15-16H,10-13H2,1-4H3/t15-,16-/m1/s1. The molecular weight excluding hydrogens is 493 g/mol. The monoisotopic (exact) mass is 520 g/mol. The summed E-state index contributed by atoms with van der Waals surface area (Å²) in [6, 6.07) is 6.95. The second kappa shape index (κ2) is 9.69. The smallest absolute Gasteiger partial charge is 0.457 e. The summed E-state index contributed by atoms with van der Waals surface area (Å²) < 4.78 is 77.8. The molecule has 0 aromatic heterocycles. The van der Waals surface area contributed by atoms with Gasteiger partial charge < -0.3 is 18.6 Å². The Morgan fingerprint density at radius 3 is 2.29 bits per heavy atom. The molecule has 2 aliphatic rings. The molecule has 2 atom stereocenters. The average molecular weight is 521 g/mol. The van der Waals surface area contributed by atoms with Crippen LogP contribution in [0.2, 0.25) is 0 Å². The number of hydrogen-bond donors (Lipinski definition) is 0. The van der Waals surface area contributed by atoms with Crippen molar-refractivity contribution >= 4 is 22.2 Å². The molecule has 0 spiro atoms. The van der Waals surface area contributed by atoms with Crippen molar-refractivity contribution in [1.82, 2.24) is 9.80 Å². The number of carbonyl (C=O) groups excluding carboxylic acids is 2. The van der Waals surface area contributed by atoms with Gasteiger partial charge in [-0.1, -0.05) is 30.3 Å². The second-order valence-electron chi connectivity index (χ2n) is 9.31. The highest BCUT2D eigenvalue weighted by Gasteiger charge is 2.52. The molecule has 0 radical (unpaired) electrons. The Hall–Kier alpha value is -2.80. The van der Waals surface area contributed by atoms with Crippen LogP contribution in [0, 0.1) is 0 Å². The van der Waals surface area contributed by atoms with Gasteiger partial charge in [-0.25, -0.2) is 9.59 Å². The molecule has 1 aromatic rings. The van der Waals surface area contributed by atoms with Gasteiger partial charge in [0, 0.05) is 25.6 Å². The third kappa shape index (κ3) is 6.26. The molecule has 1 saturated heterocycles. The van der Waals surface area contributed by atoms with Gasteiger partial charge >= 0.3 is 27.7 Å². The van der Waals surface area contributed by atoms with Crippen LogP contribution in [0.5, 0.6) is 0 Å². The number of rotatable bonds is 5. The van der Waals surface area contributed by atoms with Crippen LogP contribution >= 0.6 is 0 Å². The summed E-state index contributed by atoms with van der Waals surface area (Å²) in [7, 11) is -4.40. The number of nitrogens with zero attached hydrogens (tertiary/aromatic N) is 2. The van der Waals surface area contributed by atoms with E-state index in [1.165, 1.54) is 4.90 Å². The van der Waals surface area contributed by atoms with E-state index in [-0.39, 0.29) is 31.7 Å². The molecule has 9 nitrogen and oxygen atoms in total. The SMILES string of the molecule is CN1[C@@H]2CC(OS(=O)(=O)C(F)(F)F)=C(C(=O)OCc3ccccc3)[C@H]1CN(C(=O)OC(C)(C)C)C2.